The maximum atomic E-state index is 12.9. The van der Waals surface area contributed by atoms with Crippen molar-refractivity contribution < 1.29 is 32.2 Å². The summed E-state index contributed by atoms with van der Waals surface area (Å²) in [6.45, 7) is 6.07. The Morgan fingerprint density at radius 1 is 1.31 bits per heavy atom. The summed E-state index contributed by atoms with van der Waals surface area (Å²) in [5.74, 6) is -2.37. The topological polar surface area (TPSA) is 122 Å². The van der Waals surface area contributed by atoms with Crippen molar-refractivity contribution in [1.29, 1.82) is 0 Å². The lowest BCUT2D eigenvalue weighted by Crippen LogP contribution is -2.50. The second-order valence-corrected chi connectivity index (χ2v) is 7.12. The molecule has 144 valence electrons. The van der Waals surface area contributed by atoms with E-state index in [0.717, 1.165) is 24.3 Å². The average Bonchev–Trinajstić information content (AvgIpc) is 2.57. The summed E-state index contributed by atoms with van der Waals surface area (Å²) < 4.78 is 44.4. The molecule has 0 unspecified atom stereocenters. The molecule has 8 nitrogen and oxygen atoms in total. The van der Waals surface area contributed by atoms with Gasteiger partial charge in [0.15, 0.2) is 6.10 Å². The Labute approximate surface area is 151 Å². The first-order chi connectivity index (χ1) is 12.1. The van der Waals surface area contributed by atoms with Crippen LogP contribution in [0.4, 0.5) is 4.39 Å². The molecule has 1 aromatic rings. The lowest BCUT2D eigenvalue weighted by Gasteiger charge is -2.22. The van der Waals surface area contributed by atoms with Gasteiger partial charge in [-0.25, -0.2) is 12.8 Å². The molecular weight excluding hydrogens is 367 g/mol. The summed E-state index contributed by atoms with van der Waals surface area (Å²) in [6, 6.07) is 2.24. The van der Waals surface area contributed by atoms with Crippen LogP contribution in [0.5, 0.6) is 0 Å². The van der Waals surface area contributed by atoms with Crippen LogP contribution in [0.2, 0.25) is 0 Å². The van der Waals surface area contributed by atoms with Crippen molar-refractivity contribution >= 4 is 21.9 Å². The van der Waals surface area contributed by atoms with E-state index in [1.165, 1.54) is 19.9 Å². The highest BCUT2D eigenvalue weighted by atomic mass is 32.2. The minimum absolute atomic E-state index is 0.164. The smallest absolute Gasteiger partial charge is 0.327 e. The highest BCUT2D eigenvalue weighted by molar-refractivity contribution is 7.89. The monoisotopic (exact) mass is 388 g/mol. The number of amides is 1. The molecule has 3 N–H and O–H groups in total. The van der Waals surface area contributed by atoms with Crippen molar-refractivity contribution in [2.24, 2.45) is 0 Å². The predicted molar refractivity (Wildman–Crippen MR) is 91.0 cm³/mol. The average molecular weight is 388 g/mol. The molecule has 10 heteroatoms. The van der Waals surface area contributed by atoms with Gasteiger partial charge < -0.3 is 15.2 Å². The van der Waals surface area contributed by atoms with E-state index < -0.39 is 46.0 Å². The van der Waals surface area contributed by atoms with Crippen LogP contribution < -0.4 is 10.0 Å². The first kappa shape index (κ1) is 21.7. The van der Waals surface area contributed by atoms with Crippen molar-refractivity contribution in [3.63, 3.8) is 0 Å². The van der Waals surface area contributed by atoms with Gasteiger partial charge in [0, 0.05) is 6.54 Å². The molecule has 1 aromatic carbocycles. The highest BCUT2D eigenvalue weighted by Crippen LogP contribution is 2.12. The molecule has 1 amide bonds. The lowest BCUT2D eigenvalue weighted by molar-refractivity contribution is -0.158. The number of halogens is 1. The zero-order chi connectivity index (χ0) is 19.9. The van der Waals surface area contributed by atoms with Gasteiger partial charge in [-0.15, -0.1) is 6.58 Å². The van der Waals surface area contributed by atoms with Crippen LogP contribution in [-0.4, -0.2) is 50.2 Å². The number of carbonyl (C=O) groups is 2. The fourth-order valence-electron chi connectivity index (χ4n) is 1.81. The van der Waals surface area contributed by atoms with E-state index in [-0.39, 0.29) is 11.4 Å². The Morgan fingerprint density at radius 3 is 2.38 bits per heavy atom. The van der Waals surface area contributed by atoms with E-state index in [9.17, 15) is 27.5 Å². The Balaban J connectivity index is 2.87. The molecule has 0 aliphatic heterocycles. The van der Waals surface area contributed by atoms with Gasteiger partial charge in [0.25, 0.3) is 5.91 Å². The molecule has 0 heterocycles. The number of esters is 1. The summed E-state index contributed by atoms with van der Waals surface area (Å²) in [5, 5.41) is 12.1. The highest BCUT2D eigenvalue weighted by Gasteiger charge is 2.32. The number of hydrogen-bond acceptors (Lipinski definition) is 6. The number of rotatable bonds is 9. The lowest BCUT2D eigenvalue weighted by atomic mass is 10.2. The van der Waals surface area contributed by atoms with Crippen molar-refractivity contribution in [3.05, 3.63) is 42.7 Å². The van der Waals surface area contributed by atoms with Gasteiger partial charge in [0.2, 0.25) is 10.0 Å². The second kappa shape index (κ2) is 9.41. The van der Waals surface area contributed by atoms with E-state index >= 15 is 0 Å². The third-order valence-electron chi connectivity index (χ3n) is 3.23. The number of carbonyl (C=O) groups excluding carboxylic acids is 2. The van der Waals surface area contributed by atoms with Gasteiger partial charge in [0.1, 0.15) is 11.9 Å². The van der Waals surface area contributed by atoms with E-state index in [2.05, 4.69) is 11.9 Å². The summed E-state index contributed by atoms with van der Waals surface area (Å²) >= 11 is 0. The number of benzene rings is 1. The van der Waals surface area contributed by atoms with Gasteiger partial charge in [0.05, 0.1) is 11.0 Å². The van der Waals surface area contributed by atoms with E-state index in [1.807, 2.05) is 4.72 Å². The maximum absolute atomic E-state index is 12.9. The fourth-order valence-corrected chi connectivity index (χ4v) is 3.07. The van der Waals surface area contributed by atoms with Gasteiger partial charge in [-0.2, -0.15) is 4.72 Å². The van der Waals surface area contributed by atoms with Crippen molar-refractivity contribution in [2.45, 2.75) is 37.0 Å². The first-order valence-corrected chi connectivity index (χ1v) is 9.12. The standard InChI is InChI=1S/C16H21FN2O6S/c1-4-9-18-15(21)11(3)25-16(22)14(10(2)20)19-26(23,24)13-7-5-12(17)6-8-13/h4-8,10-11,14,19-20H,1,9H2,2-3H3,(H,18,21)/t10-,11+,14+/m1/s1. The van der Waals surface area contributed by atoms with Crippen molar-refractivity contribution in [1.82, 2.24) is 10.0 Å². The SMILES string of the molecule is C=CCNC(=O)[C@H](C)OC(=O)[C@@H](NS(=O)(=O)c1ccc(F)cc1)[C@@H](C)O. The third kappa shape index (κ3) is 6.21. The summed E-state index contributed by atoms with van der Waals surface area (Å²) in [6.07, 6.45) is -1.22. The van der Waals surface area contributed by atoms with Crippen LogP contribution in [-0.2, 0) is 24.3 Å². The van der Waals surface area contributed by atoms with Gasteiger partial charge >= 0.3 is 5.97 Å². The normalized spacial score (nSPS) is 14.8. The summed E-state index contributed by atoms with van der Waals surface area (Å²) in [7, 11) is -4.23. The van der Waals surface area contributed by atoms with E-state index in [4.69, 9.17) is 4.74 Å². The number of aliphatic hydroxyl groups excluding tert-OH is 1. The van der Waals surface area contributed by atoms with Crippen LogP contribution in [0.25, 0.3) is 0 Å². The second-order valence-electron chi connectivity index (χ2n) is 5.41. The third-order valence-corrected chi connectivity index (χ3v) is 4.68. The number of aliphatic hydroxyl groups is 1. The number of sulfonamides is 1. The molecule has 0 fully saturated rings. The molecule has 0 aromatic heterocycles. The predicted octanol–water partition coefficient (Wildman–Crippen LogP) is 0.0873. The molecular formula is C16H21FN2O6S. The quantitative estimate of drug-likeness (QED) is 0.407. The van der Waals surface area contributed by atoms with Crippen LogP contribution in [0.3, 0.4) is 0 Å². The zero-order valence-electron chi connectivity index (χ0n) is 14.3. The first-order valence-electron chi connectivity index (χ1n) is 7.63. The molecule has 3 atom stereocenters. The summed E-state index contributed by atoms with van der Waals surface area (Å²) in [4.78, 5) is 23.6. The molecule has 0 saturated heterocycles. The molecule has 0 aliphatic carbocycles. The van der Waals surface area contributed by atoms with Gasteiger partial charge in [-0.3, -0.25) is 9.59 Å². The van der Waals surface area contributed by atoms with Crippen molar-refractivity contribution in [3.8, 4) is 0 Å². The van der Waals surface area contributed by atoms with Crippen LogP contribution in [0.1, 0.15) is 13.8 Å². The summed E-state index contributed by atoms with van der Waals surface area (Å²) in [5.41, 5.74) is 0. The number of ether oxygens (including phenoxy) is 1. The molecule has 1 rings (SSSR count). The van der Waals surface area contributed by atoms with Crippen molar-refractivity contribution in [2.75, 3.05) is 6.54 Å². The fraction of sp³-hybridized carbons (Fsp3) is 0.375. The number of nitrogens with one attached hydrogen (secondary N) is 2. The Bertz CT molecular complexity index is 749. The molecule has 0 spiro atoms. The maximum Gasteiger partial charge on any atom is 0.327 e. The number of hydrogen-bond donors (Lipinski definition) is 3. The molecule has 0 bridgehead atoms. The molecule has 0 aliphatic rings. The van der Waals surface area contributed by atoms with Gasteiger partial charge in [-0.1, -0.05) is 6.08 Å². The minimum Gasteiger partial charge on any atom is -0.451 e. The Kier molecular flexibility index (Phi) is 7.87. The molecule has 26 heavy (non-hydrogen) atoms. The molecule has 0 radical (unpaired) electrons. The molecule has 0 saturated carbocycles. The Hall–Kier alpha value is -2.30. The van der Waals surface area contributed by atoms with E-state index in [0.29, 0.717) is 0 Å². The zero-order valence-corrected chi connectivity index (χ0v) is 15.1. The van der Waals surface area contributed by atoms with Crippen LogP contribution in [0, 0.1) is 5.82 Å². The minimum atomic E-state index is -4.23. The van der Waals surface area contributed by atoms with Crippen LogP contribution in [0.15, 0.2) is 41.8 Å². The van der Waals surface area contributed by atoms with Crippen LogP contribution >= 0.6 is 0 Å². The van der Waals surface area contributed by atoms with Gasteiger partial charge in [-0.05, 0) is 38.1 Å². The Morgan fingerprint density at radius 2 is 1.88 bits per heavy atom. The van der Waals surface area contributed by atoms with E-state index in [1.54, 1.807) is 0 Å². The largest absolute Gasteiger partial charge is 0.451 e.